The first-order valence-corrected chi connectivity index (χ1v) is 12.7. The number of unbranched alkanes of at least 4 members (excludes halogenated alkanes) is 2. The van der Waals surface area contributed by atoms with E-state index < -0.39 is 6.04 Å². The van der Waals surface area contributed by atoms with Crippen molar-refractivity contribution in [2.24, 2.45) is 0 Å². The number of nitrogens with zero attached hydrogens (tertiary/aromatic N) is 1. The van der Waals surface area contributed by atoms with Gasteiger partial charge in [0.15, 0.2) is 5.43 Å². The fourth-order valence-corrected chi connectivity index (χ4v) is 4.88. The summed E-state index contributed by atoms with van der Waals surface area (Å²) in [5.74, 6) is 0.558. The lowest BCUT2D eigenvalue weighted by Gasteiger charge is -2.25. The lowest BCUT2D eigenvalue weighted by atomic mass is 9.98. The fraction of sp³-hybridized carbons (Fsp3) is 0.267. The molecule has 36 heavy (non-hydrogen) atoms. The van der Waals surface area contributed by atoms with E-state index >= 15 is 0 Å². The van der Waals surface area contributed by atoms with Gasteiger partial charge in [0.05, 0.1) is 23.6 Å². The molecule has 1 aromatic heterocycles. The van der Waals surface area contributed by atoms with E-state index in [4.69, 9.17) is 20.8 Å². The summed E-state index contributed by atoms with van der Waals surface area (Å²) < 4.78 is 11.9. The molecular formula is C30H28ClNO4. The normalized spacial score (nSPS) is 14.9. The van der Waals surface area contributed by atoms with E-state index in [0.29, 0.717) is 34.7 Å². The number of aryl methyl sites for hydroxylation is 1. The molecule has 0 aliphatic carbocycles. The van der Waals surface area contributed by atoms with Crippen molar-refractivity contribution in [3.63, 3.8) is 0 Å². The highest BCUT2D eigenvalue weighted by atomic mass is 35.5. The number of amides is 1. The number of ether oxygens (including phenoxy) is 1. The maximum absolute atomic E-state index is 13.8. The molecule has 4 aromatic rings. The highest BCUT2D eigenvalue weighted by Gasteiger charge is 2.42. The predicted octanol–water partition coefficient (Wildman–Crippen LogP) is 7.07. The quantitative estimate of drug-likeness (QED) is 0.242. The highest BCUT2D eigenvalue weighted by Crippen LogP contribution is 2.40. The Balaban J connectivity index is 1.59. The second-order valence-corrected chi connectivity index (χ2v) is 9.62. The standard InChI is InChI=1S/C30H28ClNO4/c1-3-4-8-15-35-22-13-11-21(12-14-22)27-26-28(33)23-17-24(31)19(2)16-25(23)36-29(26)30(34)32(27)18-20-9-6-5-7-10-20/h5-7,9-14,16-17,27H,3-4,8,15,18H2,1-2H3. The number of fused-ring (bicyclic) bond motifs is 2. The molecule has 5 rings (SSSR count). The average Bonchev–Trinajstić information content (AvgIpc) is 3.16. The molecular weight excluding hydrogens is 474 g/mol. The van der Waals surface area contributed by atoms with Crippen LogP contribution in [-0.2, 0) is 6.54 Å². The number of carbonyl (C=O) groups excluding carboxylic acids is 1. The molecule has 1 amide bonds. The third-order valence-corrected chi connectivity index (χ3v) is 7.06. The first-order valence-electron chi connectivity index (χ1n) is 12.3. The Morgan fingerprint density at radius 2 is 1.75 bits per heavy atom. The van der Waals surface area contributed by atoms with Crippen molar-refractivity contribution >= 4 is 28.5 Å². The smallest absolute Gasteiger partial charge is 0.291 e. The zero-order chi connectivity index (χ0) is 25.2. The minimum Gasteiger partial charge on any atom is -0.494 e. The van der Waals surface area contributed by atoms with Crippen LogP contribution < -0.4 is 10.2 Å². The molecule has 1 aliphatic heterocycles. The molecule has 0 radical (unpaired) electrons. The van der Waals surface area contributed by atoms with E-state index in [2.05, 4.69) is 6.92 Å². The van der Waals surface area contributed by atoms with Crippen molar-refractivity contribution in [2.75, 3.05) is 6.61 Å². The van der Waals surface area contributed by atoms with Gasteiger partial charge in [0, 0.05) is 11.6 Å². The van der Waals surface area contributed by atoms with E-state index in [1.54, 1.807) is 17.0 Å². The van der Waals surface area contributed by atoms with Crippen LogP contribution in [0.5, 0.6) is 5.75 Å². The minimum absolute atomic E-state index is 0.0926. The fourth-order valence-electron chi connectivity index (χ4n) is 4.72. The zero-order valence-corrected chi connectivity index (χ0v) is 21.2. The molecule has 1 unspecified atom stereocenters. The van der Waals surface area contributed by atoms with Gasteiger partial charge >= 0.3 is 0 Å². The molecule has 0 saturated carbocycles. The van der Waals surface area contributed by atoms with Crippen LogP contribution in [0.2, 0.25) is 5.02 Å². The lowest BCUT2D eigenvalue weighted by molar-refractivity contribution is 0.0714. The summed E-state index contributed by atoms with van der Waals surface area (Å²) in [5.41, 5.74) is 3.05. The van der Waals surface area contributed by atoms with Crippen LogP contribution in [0.1, 0.15) is 65.0 Å². The van der Waals surface area contributed by atoms with Crippen LogP contribution in [-0.4, -0.2) is 17.4 Å². The molecule has 5 nitrogen and oxygen atoms in total. The van der Waals surface area contributed by atoms with Crippen LogP contribution in [0.3, 0.4) is 0 Å². The lowest BCUT2D eigenvalue weighted by Crippen LogP contribution is -2.29. The number of hydrogen-bond acceptors (Lipinski definition) is 4. The molecule has 0 N–H and O–H groups in total. The third kappa shape index (κ3) is 4.51. The van der Waals surface area contributed by atoms with E-state index in [1.165, 1.54) is 0 Å². The van der Waals surface area contributed by atoms with Gasteiger partial charge in [-0.3, -0.25) is 9.59 Å². The van der Waals surface area contributed by atoms with E-state index in [1.807, 2.05) is 61.5 Å². The number of hydrogen-bond donors (Lipinski definition) is 0. The summed E-state index contributed by atoms with van der Waals surface area (Å²) in [6.07, 6.45) is 3.27. The Hall–Kier alpha value is -3.57. The van der Waals surface area contributed by atoms with Gasteiger partial charge in [0.2, 0.25) is 5.76 Å². The van der Waals surface area contributed by atoms with E-state index in [0.717, 1.165) is 41.7 Å². The Morgan fingerprint density at radius 3 is 2.47 bits per heavy atom. The zero-order valence-electron chi connectivity index (χ0n) is 20.4. The van der Waals surface area contributed by atoms with Gasteiger partial charge < -0.3 is 14.1 Å². The van der Waals surface area contributed by atoms with E-state index in [9.17, 15) is 9.59 Å². The second-order valence-electron chi connectivity index (χ2n) is 9.22. The Kier molecular flexibility index (Phi) is 6.84. The van der Waals surface area contributed by atoms with Crippen LogP contribution in [0.25, 0.3) is 11.0 Å². The number of rotatable bonds is 8. The number of halogens is 1. The molecule has 184 valence electrons. The van der Waals surface area contributed by atoms with Gasteiger partial charge in [-0.25, -0.2) is 0 Å². The van der Waals surface area contributed by atoms with Gasteiger partial charge in [0.1, 0.15) is 11.3 Å². The monoisotopic (exact) mass is 501 g/mol. The minimum atomic E-state index is -0.581. The molecule has 0 saturated heterocycles. The molecule has 2 heterocycles. The molecule has 3 aromatic carbocycles. The summed E-state index contributed by atoms with van der Waals surface area (Å²) >= 11 is 6.34. The van der Waals surface area contributed by atoms with Gasteiger partial charge in [-0.1, -0.05) is 73.8 Å². The van der Waals surface area contributed by atoms with Gasteiger partial charge in [-0.05, 0) is 54.3 Å². The first-order chi connectivity index (χ1) is 17.5. The molecule has 0 bridgehead atoms. The van der Waals surface area contributed by atoms with Crippen LogP contribution in [0, 0.1) is 6.92 Å². The Labute approximate surface area is 215 Å². The van der Waals surface area contributed by atoms with Crippen molar-refractivity contribution < 1.29 is 13.9 Å². The molecule has 1 atom stereocenters. The third-order valence-electron chi connectivity index (χ3n) is 6.66. The topological polar surface area (TPSA) is 59.8 Å². The summed E-state index contributed by atoms with van der Waals surface area (Å²) in [6.45, 7) is 5.01. The summed E-state index contributed by atoms with van der Waals surface area (Å²) in [4.78, 5) is 29.1. The average molecular weight is 502 g/mol. The van der Waals surface area contributed by atoms with Crippen molar-refractivity contribution in [3.8, 4) is 5.75 Å². The molecule has 1 aliphatic rings. The Bertz CT molecular complexity index is 1460. The van der Waals surface area contributed by atoms with Crippen LogP contribution in [0.15, 0.2) is 75.9 Å². The largest absolute Gasteiger partial charge is 0.494 e. The van der Waals surface area contributed by atoms with Gasteiger partial charge in [-0.2, -0.15) is 0 Å². The van der Waals surface area contributed by atoms with Gasteiger partial charge in [-0.15, -0.1) is 0 Å². The molecule has 6 heteroatoms. The van der Waals surface area contributed by atoms with Crippen molar-refractivity contribution in [2.45, 2.75) is 45.7 Å². The van der Waals surface area contributed by atoms with Crippen molar-refractivity contribution in [1.82, 2.24) is 4.90 Å². The second kappa shape index (κ2) is 10.2. The predicted molar refractivity (Wildman–Crippen MR) is 142 cm³/mol. The number of benzene rings is 3. The summed E-state index contributed by atoms with van der Waals surface area (Å²) in [6, 6.07) is 20.1. The van der Waals surface area contributed by atoms with Crippen LogP contribution in [0.4, 0.5) is 0 Å². The van der Waals surface area contributed by atoms with Crippen molar-refractivity contribution in [3.05, 3.63) is 110 Å². The summed E-state index contributed by atoms with van der Waals surface area (Å²) in [7, 11) is 0. The molecule has 0 spiro atoms. The van der Waals surface area contributed by atoms with E-state index in [-0.39, 0.29) is 17.1 Å². The first kappa shape index (κ1) is 24.1. The maximum atomic E-state index is 13.8. The SMILES string of the molecule is CCCCCOc1ccc(C2c3c(oc4cc(C)c(Cl)cc4c3=O)C(=O)N2Cc2ccccc2)cc1. The van der Waals surface area contributed by atoms with Gasteiger partial charge in [0.25, 0.3) is 5.91 Å². The Morgan fingerprint density at radius 1 is 1.00 bits per heavy atom. The van der Waals surface area contributed by atoms with Crippen LogP contribution >= 0.6 is 11.6 Å². The molecule has 0 fully saturated rings. The number of carbonyl (C=O) groups is 1. The van der Waals surface area contributed by atoms with Crippen molar-refractivity contribution in [1.29, 1.82) is 0 Å². The summed E-state index contributed by atoms with van der Waals surface area (Å²) in [5, 5.41) is 0.862. The maximum Gasteiger partial charge on any atom is 0.291 e. The highest BCUT2D eigenvalue weighted by molar-refractivity contribution is 6.32.